The number of benzene rings is 3. The zero-order chi connectivity index (χ0) is 22.9. The molecular weight excluding hydrogens is 450 g/mol. The van der Waals surface area contributed by atoms with Crippen LogP contribution in [0.25, 0.3) is 28.2 Å². The van der Waals surface area contributed by atoms with Crippen molar-refractivity contribution in [3.8, 4) is 28.2 Å². The lowest BCUT2D eigenvalue weighted by molar-refractivity contribution is 0.0601. The number of carbonyl (C=O) groups excluding carboxylic acids is 1. The van der Waals surface area contributed by atoms with Gasteiger partial charge in [-0.3, -0.25) is 0 Å². The minimum absolute atomic E-state index is 0.00212. The van der Waals surface area contributed by atoms with Crippen molar-refractivity contribution in [2.75, 3.05) is 7.11 Å². The third-order valence-electron chi connectivity index (χ3n) is 4.87. The smallest absolute Gasteiger partial charge is 0.338 e. The number of methoxy groups -OCH3 is 1. The van der Waals surface area contributed by atoms with Crippen LogP contribution in [0.5, 0.6) is 0 Å². The molecule has 1 heterocycles. The van der Waals surface area contributed by atoms with E-state index in [-0.39, 0.29) is 4.90 Å². The molecule has 0 spiro atoms. The summed E-state index contributed by atoms with van der Waals surface area (Å²) < 4.78 is 29.8. The highest BCUT2D eigenvalue weighted by molar-refractivity contribution is 7.89. The first-order valence-electron chi connectivity index (χ1n) is 9.45. The molecule has 4 aromatic rings. The number of halogens is 1. The Morgan fingerprint density at radius 1 is 1.00 bits per heavy atom. The van der Waals surface area contributed by atoms with Crippen LogP contribution in [0.3, 0.4) is 0 Å². The molecule has 1 aromatic heterocycles. The number of ether oxygens (including phenoxy) is 1. The molecule has 0 radical (unpaired) electrons. The van der Waals surface area contributed by atoms with Gasteiger partial charge in [0, 0.05) is 16.1 Å². The molecule has 0 saturated heterocycles. The average Bonchev–Trinajstić information content (AvgIpc) is 3.24. The summed E-state index contributed by atoms with van der Waals surface area (Å²) in [5.41, 5.74) is 3.70. The van der Waals surface area contributed by atoms with E-state index < -0.39 is 16.0 Å². The van der Waals surface area contributed by atoms with E-state index in [1.165, 1.54) is 19.2 Å². The maximum Gasteiger partial charge on any atom is 0.338 e. The van der Waals surface area contributed by atoms with Crippen LogP contribution in [-0.4, -0.2) is 31.3 Å². The normalized spacial score (nSPS) is 11.3. The number of sulfonamides is 1. The van der Waals surface area contributed by atoms with E-state index in [4.69, 9.17) is 26.6 Å². The standard InChI is InChI=1S/C23H18ClN3O4S/c1-31-23(28)20-5-3-2-4-19(20)21-14-22(15-6-8-16(24)9-7-15)27(26-21)17-10-12-18(13-11-17)32(25,29)30/h2-14H,1H3,(H2,25,29,30). The summed E-state index contributed by atoms with van der Waals surface area (Å²) in [6, 6.07) is 22.2. The van der Waals surface area contributed by atoms with Crippen molar-refractivity contribution >= 4 is 27.6 Å². The van der Waals surface area contributed by atoms with E-state index >= 15 is 0 Å². The van der Waals surface area contributed by atoms with Gasteiger partial charge in [0.1, 0.15) is 0 Å². The maximum atomic E-state index is 12.3. The van der Waals surface area contributed by atoms with Gasteiger partial charge in [-0.05, 0) is 48.5 Å². The van der Waals surface area contributed by atoms with Crippen molar-refractivity contribution in [2.24, 2.45) is 5.14 Å². The lowest BCUT2D eigenvalue weighted by Crippen LogP contribution is -2.12. The van der Waals surface area contributed by atoms with Crippen LogP contribution in [0, 0.1) is 0 Å². The van der Waals surface area contributed by atoms with E-state index in [2.05, 4.69) is 0 Å². The number of primary sulfonamides is 1. The van der Waals surface area contributed by atoms with Crippen molar-refractivity contribution in [2.45, 2.75) is 4.90 Å². The Balaban J connectivity index is 1.91. The summed E-state index contributed by atoms with van der Waals surface area (Å²) >= 11 is 6.05. The fourth-order valence-electron chi connectivity index (χ4n) is 3.31. The van der Waals surface area contributed by atoms with Crippen LogP contribution in [0.4, 0.5) is 0 Å². The third kappa shape index (κ3) is 4.29. The summed E-state index contributed by atoms with van der Waals surface area (Å²) in [6.07, 6.45) is 0. The molecule has 0 bridgehead atoms. The van der Waals surface area contributed by atoms with Gasteiger partial charge in [-0.2, -0.15) is 5.10 Å². The van der Waals surface area contributed by atoms with Crippen molar-refractivity contribution in [1.29, 1.82) is 0 Å². The quantitative estimate of drug-likeness (QED) is 0.441. The molecular formula is C23H18ClN3O4S. The molecule has 9 heteroatoms. The fraction of sp³-hybridized carbons (Fsp3) is 0.0435. The molecule has 162 valence electrons. The number of rotatable bonds is 5. The molecule has 0 atom stereocenters. The number of hydrogen-bond acceptors (Lipinski definition) is 5. The van der Waals surface area contributed by atoms with Gasteiger partial charge in [0.25, 0.3) is 0 Å². The molecule has 4 rings (SSSR count). The number of aromatic nitrogens is 2. The molecule has 0 amide bonds. The highest BCUT2D eigenvalue weighted by Crippen LogP contribution is 2.31. The van der Waals surface area contributed by atoms with Gasteiger partial charge >= 0.3 is 5.97 Å². The molecule has 0 aliphatic carbocycles. The number of carbonyl (C=O) groups is 1. The highest BCUT2D eigenvalue weighted by Gasteiger charge is 2.19. The van der Waals surface area contributed by atoms with Crippen LogP contribution >= 0.6 is 11.6 Å². The Hall–Kier alpha value is -3.46. The predicted octanol–water partition coefficient (Wildman–Crippen LogP) is 4.29. The molecule has 0 saturated carbocycles. The van der Waals surface area contributed by atoms with Gasteiger partial charge < -0.3 is 4.74 Å². The Kier molecular flexibility index (Phi) is 5.84. The number of hydrogen-bond donors (Lipinski definition) is 1. The first kappa shape index (κ1) is 21.8. The van der Waals surface area contributed by atoms with E-state index in [1.807, 2.05) is 24.3 Å². The zero-order valence-electron chi connectivity index (χ0n) is 16.9. The lowest BCUT2D eigenvalue weighted by atomic mass is 10.0. The first-order valence-corrected chi connectivity index (χ1v) is 11.4. The van der Waals surface area contributed by atoms with Gasteiger partial charge in [0.15, 0.2) is 0 Å². The summed E-state index contributed by atoms with van der Waals surface area (Å²) in [6.45, 7) is 0. The van der Waals surface area contributed by atoms with E-state index in [0.717, 1.165) is 11.3 Å². The van der Waals surface area contributed by atoms with Crippen molar-refractivity contribution in [3.63, 3.8) is 0 Å². The summed E-state index contributed by atoms with van der Waals surface area (Å²) in [5, 5.41) is 10.5. The minimum Gasteiger partial charge on any atom is -0.465 e. The Labute approximate surface area is 190 Å². The second kappa shape index (κ2) is 8.58. The number of nitrogens with two attached hydrogens (primary N) is 1. The predicted molar refractivity (Wildman–Crippen MR) is 122 cm³/mol. The van der Waals surface area contributed by atoms with Gasteiger partial charge in [-0.15, -0.1) is 0 Å². The largest absolute Gasteiger partial charge is 0.465 e. The Bertz CT molecular complexity index is 1400. The first-order chi connectivity index (χ1) is 15.3. The second-order valence-corrected chi connectivity index (χ2v) is 8.91. The highest BCUT2D eigenvalue weighted by atomic mass is 35.5. The zero-order valence-corrected chi connectivity index (χ0v) is 18.5. The second-order valence-electron chi connectivity index (χ2n) is 6.91. The minimum atomic E-state index is -3.82. The van der Waals surface area contributed by atoms with E-state index in [0.29, 0.717) is 27.5 Å². The molecule has 0 unspecified atom stereocenters. The van der Waals surface area contributed by atoms with Crippen molar-refractivity contribution < 1.29 is 17.9 Å². The van der Waals surface area contributed by atoms with Gasteiger partial charge in [0.2, 0.25) is 10.0 Å². The summed E-state index contributed by atoms with van der Waals surface area (Å²) in [5.74, 6) is -0.472. The average molecular weight is 468 g/mol. The van der Waals surface area contributed by atoms with Gasteiger partial charge in [-0.1, -0.05) is 41.9 Å². The van der Waals surface area contributed by atoms with Crippen LogP contribution in [0.15, 0.2) is 83.8 Å². The van der Waals surface area contributed by atoms with Crippen molar-refractivity contribution in [1.82, 2.24) is 9.78 Å². The molecule has 2 N–H and O–H groups in total. The molecule has 0 aliphatic rings. The summed E-state index contributed by atoms with van der Waals surface area (Å²) in [7, 11) is -2.50. The molecule has 0 fully saturated rings. The monoisotopic (exact) mass is 467 g/mol. The van der Waals surface area contributed by atoms with Crippen LogP contribution in [-0.2, 0) is 14.8 Å². The van der Waals surface area contributed by atoms with Crippen LogP contribution in [0.1, 0.15) is 10.4 Å². The SMILES string of the molecule is COC(=O)c1ccccc1-c1cc(-c2ccc(Cl)cc2)n(-c2ccc(S(N)(=O)=O)cc2)n1. The summed E-state index contributed by atoms with van der Waals surface area (Å²) in [4.78, 5) is 12.3. The van der Waals surface area contributed by atoms with Crippen LogP contribution < -0.4 is 5.14 Å². The Morgan fingerprint density at radius 2 is 1.66 bits per heavy atom. The maximum absolute atomic E-state index is 12.3. The van der Waals surface area contributed by atoms with Gasteiger partial charge in [0.05, 0.1) is 34.6 Å². The van der Waals surface area contributed by atoms with E-state index in [9.17, 15) is 13.2 Å². The molecule has 3 aromatic carbocycles. The molecule has 0 aliphatic heterocycles. The van der Waals surface area contributed by atoms with Crippen LogP contribution in [0.2, 0.25) is 5.02 Å². The third-order valence-corrected chi connectivity index (χ3v) is 6.05. The fourth-order valence-corrected chi connectivity index (χ4v) is 3.95. The number of nitrogens with zero attached hydrogens (tertiary/aromatic N) is 2. The molecule has 7 nitrogen and oxygen atoms in total. The van der Waals surface area contributed by atoms with E-state index in [1.54, 1.807) is 47.1 Å². The topological polar surface area (TPSA) is 104 Å². The lowest BCUT2D eigenvalue weighted by Gasteiger charge is -2.09. The van der Waals surface area contributed by atoms with Gasteiger partial charge in [-0.25, -0.2) is 23.0 Å². The van der Waals surface area contributed by atoms with Crippen molar-refractivity contribution in [3.05, 3.63) is 89.4 Å². The molecule has 32 heavy (non-hydrogen) atoms. The Morgan fingerprint density at radius 3 is 2.28 bits per heavy atom. The number of esters is 1.